The lowest BCUT2D eigenvalue weighted by Gasteiger charge is -2.05. The first-order valence-electron chi connectivity index (χ1n) is 2.72. The molecule has 0 aromatic heterocycles. The highest BCUT2D eigenvalue weighted by atomic mass is 15.5. The van der Waals surface area contributed by atoms with Crippen LogP contribution in [0.2, 0.25) is 0 Å². The number of rotatable bonds is 4. The van der Waals surface area contributed by atoms with Crippen LogP contribution in [-0.2, 0) is 0 Å². The molecule has 0 heterocycles. The van der Waals surface area contributed by atoms with Gasteiger partial charge in [0.15, 0.2) is 0 Å². The zero-order valence-electron chi connectivity index (χ0n) is 5.72. The van der Waals surface area contributed by atoms with Gasteiger partial charge in [0.2, 0.25) is 0 Å². The summed E-state index contributed by atoms with van der Waals surface area (Å²) < 4.78 is 0. The minimum Gasteiger partial charge on any atom is -0.397 e. The van der Waals surface area contributed by atoms with Crippen molar-refractivity contribution in [1.29, 1.82) is 0 Å². The predicted octanol–water partition coefficient (Wildman–Crippen LogP) is -0.503. The summed E-state index contributed by atoms with van der Waals surface area (Å²) in [5, 5.41) is 0. The first-order chi connectivity index (χ1) is 4.76. The van der Waals surface area contributed by atoms with Crippen molar-refractivity contribution in [3.05, 3.63) is 36.7 Å². The van der Waals surface area contributed by atoms with Crippen LogP contribution in [0.5, 0.6) is 0 Å². The van der Waals surface area contributed by atoms with Gasteiger partial charge in [-0.05, 0) is 12.2 Å². The van der Waals surface area contributed by atoms with Crippen LogP contribution in [0.25, 0.3) is 0 Å². The molecule has 0 rings (SSSR count). The van der Waals surface area contributed by atoms with E-state index < -0.39 is 0 Å². The number of nitrogens with one attached hydrogen (secondary N) is 2. The van der Waals surface area contributed by atoms with Crippen LogP contribution in [-0.4, -0.2) is 0 Å². The van der Waals surface area contributed by atoms with Crippen molar-refractivity contribution in [2.75, 3.05) is 0 Å². The molecule has 0 aliphatic carbocycles. The zero-order chi connectivity index (χ0) is 7.98. The minimum atomic E-state index is 0.493. The lowest BCUT2D eigenvalue weighted by Crippen LogP contribution is -2.37. The molecular weight excluding hydrogens is 128 g/mol. The van der Waals surface area contributed by atoms with Crippen LogP contribution in [0.15, 0.2) is 36.7 Å². The van der Waals surface area contributed by atoms with Gasteiger partial charge in [0.1, 0.15) is 0 Å². The molecule has 6 N–H and O–H groups in total. The molecule has 0 unspecified atom stereocenters. The lowest BCUT2D eigenvalue weighted by molar-refractivity contribution is 0.639. The monoisotopic (exact) mass is 140 g/mol. The minimum absolute atomic E-state index is 0.493. The van der Waals surface area contributed by atoms with Crippen LogP contribution in [0.4, 0.5) is 0 Å². The molecule has 10 heavy (non-hydrogen) atoms. The van der Waals surface area contributed by atoms with Crippen molar-refractivity contribution in [3.63, 3.8) is 0 Å². The molecule has 0 aromatic carbocycles. The van der Waals surface area contributed by atoms with Crippen molar-refractivity contribution in [2.24, 2.45) is 11.6 Å². The van der Waals surface area contributed by atoms with Gasteiger partial charge in [-0.25, -0.2) is 0 Å². The summed E-state index contributed by atoms with van der Waals surface area (Å²) in [6.07, 6.45) is 3.04. The maximum Gasteiger partial charge on any atom is 0.0724 e. The Morgan fingerprint density at radius 3 is 2.20 bits per heavy atom. The van der Waals surface area contributed by atoms with Crippen LogP contribution < -0.4 is 22.5 Å². The third-order valence-electron chi connectivity index (χ3n) is 0.942. The van der Waals surface area contributed by atoms with E-state index in [9.17, 15) is 0 Å². The second-order valence-electron chi connectivity index (χ2n) is 1.55. The van der Waals surface area contributed by atoms with E-state index in [1.165, 1.54) is 12.2 Å². The summed E-state index contributed by atoms with van der Waals surface area (Å²) in [7, 11) is 0. The van der Waals surface area contributed by atoms with Crippen LogP contribution in [0.3, 0.4) is 0 Å². The van der Waals surface area contributed by atoms with E-state index in [0.29, 0.717) is 11.4 Å². The van der Waals surface area contributed by atoms with Gasteiger partial charge in [0.25, 0.3) is 0 Å². The van der Waals surface area contributed by atoms with Crippen molar-refractivity contribution in [3.8, 4) is 0 Å². The van der Waals surface area contributed by atoms with Gasteiger partial charge in [-0.1, -0.05) is 13.2 Å². The Bertz CT molecular complexity index is 159. The Labute approximate surface area is 60.2 Å². The maximum absolute atomic E-state index is 5.45. The molecule has 0 saturated carbocycles. The lowest BCUT2D eigenvalue weighted by atomic mass is 10.3. The molecule has 0 radical (unpaired) electrons. The van der Waals surface area contributed by atoms with Crippen molar-refractivity contribution in [2.45, 2.75) is 0 Å². The van der Waals surface area contributed by atoms with E-state index in [0.717, 1.165) is 0 Å². The molecule has 4 heteroatoms. The second kappa shape index (κ2) is 4.60. The first-order valence-corrected chi connectivity index (χ1v) is 2.72. The van der Waals surface area contributed by atoms with E-state index in [2.05, 4.69) is 24.1 Å². The van der Waals surface area contributed by atoms with Gasteiger partial charge in [-0.2, -0.15) is 5.53 Å². The molecule has 0 aromatic rings. The third-order valence-corrected chi connectivity index (χ3v) is 0.942. The summed E-state index contributed by atoms with van der Waals surface area (Å²) >= 11 is 0. The average molecular weight is 140 g/mol. The standard InChI is InChI=1S/C6H12N4/c1-3-5(7)6(4-2)9-10-8/h3-4,9-10H,1-2,7-8H2/b6-5-. The maximum atomic E-state index is 5.45. The quantitative estimate of drug-likeness (QED) is 0.241. The Morgan fingerprint density at radius 2 is 1.90 bits per heavy atom. The van der Waals surface area contributed by atoms with Crippen LogP contribution in [0, 0.1) is 0 Å². The smallest absolute Gasteiger partial charge is 0.0724 e. The Balaban J connectivity index is 4.28. The number of allylic oxidation sites excluding steroid dienone is 2. The topological polar surface area (TPSA) is 76.1 Å². The van der Waals surface area contributed by atoms with Crippen molar-refractivity contribution < 1.29 is 0 Å². The first kappa shape index (κ1) is 8.74. The predicted molar refractivity (Wildman–Crippen MR) is 42.1 cm³/mol. The molecule has 4 nitrogen and oxygen atoms in total. The molecule has 0 aliphatic rings. The summed E-state index contributed by atoms with van der Waals surface area (Å²) in [6.45, 7) is 6.98. The number of hydrogen-bond acceptors (Lipinski definition) is 4. The fourth-order valence-electron chi connectivity index (χ4n) is 0.429. The van der Waals surface area contributed by atoms with Gasteiger partial charge >= 0.3 is 0 Å². The number of hydrazine groups is 2. The molecule has 0 atom stereocenters. The second-order valence-corrected chi connectivity index (χ2v) is 1.55. The highest BCUT2D eigenvalue weighted by Crippen LogP contribution is 1.93. The normalized spacial score (nSPS) is 11.7. The van der Waals surface area contributed by atoms with Gasteiger partial charge in [0.05, 0.1) is 11.4 Å². The van der Waals surface area contributed by atoms with E-state index in [1.807, 2.05) is 0 Å². The summed E-state index contributed by atoms with van der Waals surface area (Å²) in [5.41, 5.74) is 11.4. The molecule has 0 amide bonds. The zero-order valence-corrected chi connectivity index (χ0v) is 5.72. The molecule has 0 saturated heterocycles. The molecule has 0 aliphatic heterocycles. The van der Waals surface area contributed by atoms with Gasteiger partial charge < -0.3 is 11.2 Å². The van der Waals surface area contributed by atoms with E-state index in [-0.39, 0.29) is 0 Å². The Hall–Kier alpha value is -1.26. The van der Waals surface area contributed by atoms with Gasteiger partial charge in [-0.15, -0.1) is 0 Å². The van der Waals surface area contributed by atoms with Crippen LogP contribution in [0.1, 0.15) is 0 Å². The largest absolute Gasteiger partial charge is 0.397 e. The third kappa shape index (κ3) is 2.34. The molecule has 0 spiro atoms. The highest BCUT2D eigenvalue weighted by molar-refractivity contribution is 5.26. The van der Waals surface area contributed by atoms with E-state index in [1.54, 1.807) is 0 Å². The SMILES string of the molecule is C=C/C(N)=C(\C=C)NNN. The molecule has 56 valence electrons. The van der Waals surface area contributed by atoms with E-state index >= 15 is 0 Å². The number of nitrogens with two attached hydrogens (primary N) is 2. The van der Waals surface area contributed by atoms with Gasteiger partial charge in [0, 0.05) is 0 Å². The molecule has 0 bridgehead atoms. The highest BCUT2D eigenvalue weighted by Gasteiger charge is 1.91. The average Bonchev–Trinajstić information content (AvgIpc) is 1.99. The Kier molecular flexibility index (Phi) is 4.02. The fourth-order valence-corrected chi connectivity index (χ4v) is 0.429. The van der Waals surface area contributed by atoms with Crippen molar-refractivity contribution >= 4 is 0 Å². The molecule has 0 fully saturated rings. The number of hydrogen-bond donors (Lipinski definition) is 4. The van der Waals surface area contributed by atoms with Crippen molar-refractivity contribution in [1.82, 2.24) is 11.0 Å². The van der Waals surface area contributed by atoms with Crippen LogP contribution >= 0.6 is 0 Å². The summed E-state index contributed by atoms with van der Waals surface area (Å²) in [4.78, 5) is 0. The summed E-state index contributed by atoms with van der Waals surface area (Å²) in [6, 6.07) is 0. The van der Waals surface area contributed by atoms with Gasteiger partial charge in [-0.3, -0.25) is 5.84 Å². The summed E-state index contributed by atoms with van der Waals surface area (Å²) in [5.74, 6) is 4.96. The fraction of sp³-hybridized carbons (Fsp3) is 0. The molecular formula is C6H12N4. The Morgan fingerprint density at radius 1 is 1.30 bits per heavy atom. The van der Waals surface area contributed by atoms with E-state index in [4.69, 9.17) is 11.6 Å².